The number of hydrogen-bond acceptors (Lipinski definition) is 3. The van der Waals surface area contributed by atoms with Crippen molar-refractivity contribution in [3.05, 3.63) is 23.9 Å². The molecule has 0 bridgehead atoms. The van der Waals surface area contributed by atoms with E-state index < -0.39 is 0 Å². The Morgan fingerprint density at radius 1 is 1.33 bits per heavy atom. The van der Waals surface area contributed by atoms with Gasteiger partial charge in [0.05, 0.1) is 0 Å². The largest absolute Gasteiger partial charge is 0.356 e. The molecule has 1 aliphatic carbocycles. The van der Waals surface area contributed by atoms with Crippen LogP contribution >= 0.6 is 0 Å². The highest BCUT2D eigenvalue weighted by atomic mass is 15.2. The molecule has 0 aromatic carbocycles. The summed E-state index contributed by atoms with van der Waals surface area (Å²) in [7, 11) is 2.16. The fourth-order valence-corrected chi connectivity index (χ4v) is 2.86. The quantitative estimate of drug-likeness (QED) is 0.892. The Morgan fingerprint density at radius 2 is 2.00 bits per heavy atom. The predicted octanol–water partition coefficient (Wildman–Crippen LogP) is 3.12. The lowest BCUT2D eigenvalue weighted by Crippen LogP contribution is -2.36. The first-order valence-electron chi connectivity index (χ1n) is 7.03. The number of hydrogen-bond donors (Lipinski definition) is 1. The molecule has 0 saturated heterocycles. The van der Waals surface area contributed by atoms with Crippen molar-refractivity contribution in [1.29, 1.82) is 0 Å². The Kier molecular flexibility index (Phi) is 4.23. The van der Waals surface area contributed by atoms with Crippen LogP contribution in [0.4, 0.5) is 5.82 Å². The number of pyridine rings is 1. The van der Waals surface area contributed by atoms with Crippen molar-refractivity contribution >= 4 is 5.82 Å². The molecule has 1 fully saturated rings. The summed E-state index contributed by atoms with van der Waals surface area (Å²) < 4.78 is 0. The summed E-state index contributed by atoms with van der Waals surface area (Å²) in [5.41, 5.74) is 7.19. The fourth-order valence-electron chi connectivity index (χ4n) is 2.86. The standard InChI is InChI=1S/C15H25N3/c1-11-6-8-13(9-7-11)18(3)15-14(12(2)16)5-4-10-17-15/h4-5,10-13H,6-9,16H2,1-3H3/t11?,12-,13?/m0/s1. The minimum absolute atomic E-state index is 0.0404. The summed E-state index contributed by atoms with van der Waals surface area (Å²) >= 11 is 0. The summed E-state index contributed by atoms with van der Waals surface area (Å²) in [5.74, 6) is 1.94. The van der Waals surface area contributed by atoms with Gasteiger partial charge in [-0.2, -0.15) is 0 Å². The fraction of sp³-hybridized carbons (Fsp3) is 0.667. The highest BCUT2D eigenvalue weighted by molar-refractivity contribution is 5.48. The van der Waals surface area contributed by atoms with Gasteiger partial charge in [0.15, 0.2) is 0 Å². The van der Waals surface area contributed by atoms with E-state index in [0.29, 0.717) is 6.04 Å². The van der Waals surface area contributed by atoms with Crippen LogP contribution in [-0.4, -0.2) is 18.1 Å². The molecule has 0 amide bonds. The maximum Gasteiger partial charge on any atom is 0.133 e. The van der Waals surface area contributed by atoms with Gasteiger partial charge in [0.1, 0.15) is 5.82 Å². The van der Waals surface area contributed by atoms with E-state index in [1.807, 2.05) is 19.2 Å². The third kappa shape index (κ3) is 2.83. The van der Waals surface area contributed by atoms with E-state index in [0.717, 1.165) is 17.3 Å². The molecular weight excluding hydrogens is 222 g/mol. The molecule has 18 heavy (non-hydrogen) atoms. The maximum atomic E-state index is 6.04. The summed E-state index contributed by atoms with van der Waals surface area (Å²) in [5, 5.41) is 0. The van der Waals surface area contributed by atoms with Crippen molar-refractivity contribution in [3.63, 3.8) is 0 Å². The smallest absolute Gasteiger partial charge is 0.133 e. The first kappa shape index (κ1) is 13.3. The molecule has 3 nitrogen and oxygen atoms in total. The van der Waals surface area contributed by atoms with Crippen molar-refractivity contribution in [3.8, 4) is 0 Å². The molecule has 2 rings (SSSR count). The zero-order valence-corrected chi connectivity index (χ0v) is 11.8. The Hall–Kier alpha value is -1.09. The summed E-state index contributed by atoms with van der Waals surface area (Å²) in [6.07, 6.45) is 7.06. The van der Waals surface area contributed by atoms with Crippen LogP contribution < -0.4 is 10.6 Å². The van der Waals surface area contributed by atoms with Crippen LogP contribution in [0.3, 0.4) is 0 Å². The number of rotatable bonds is 3. The Labute approximate surface area is 110 Å². The molecule has 1 aliphatic rings. The van der Waals surface area contributed by atoms with Crippen molar-refractivity contribution < 1.29 is 0 Å². The summed E-state index contributed by atoms with van der Waals surface area (Å²) in [6, 6.07) is 4.72. The molecular formula is C15H25N3. The van der Waals surface area contributed by atoms with E-state index in [1.165, 1.54) is 25.7 Å². The van der Waals surface area contributed by atoms with Crippen LogP contribution in [0.5, 0.6) is 0 Å². The topological polar surface area (TPSA) is 42.2 Å². The molecule has 1 atom stereocenters. The van der Waals surface area contributed by atoms with E-state index in [4.69, 9.17) is 5.73 Å². The molecule has 2 N–H and O–H groups in total. The van der Waals surface area contributed by atoms with Crippen LogP contribution in [0.1, 0.15) is 51.1 Å². The van der Waals surface area contributed by atoms with Crippen LogP contribution in [-0.2, 0) is 0 Å². The summed E-state index contributed by atoms with van der Waals surface area (Å²) in [4.78, 5) is 6.88. The molecule has 1 heterocycles. The van der Waals surface area contributed by atoms with Gasteiger partial charge in [0, 0.05) is 30.9 Å². The van der Waals surface area contributed by atoms with Crippen LogP contribution in [0, 0.1) is 5.92 Å². The minimum Gasteiger partial charge on any atom is -0.356 e. The third-order valence-corrected chi connectivity index (χ3v) is 4.17. The Balaban J connectivity index is 2.15. The van der Waals surface area contributed by atoms with Gasteiger partial charge in [0.2, 0.25) is 0 Å². The van der Waals surface area contributed by atoms with Crippen LogP contribution in [0.25, 0.3) is 0 Å². The van der Waals surface area contributed by atoms with Crippen molar-refractivity contribution in [2.75, 3.05) is 11.9 Å². The molecule has 0 radical (unpaired) electrons. The van der Waals surface area contributed by atoms with Crippen molar-refractivity contribution in [2.24, 2.45) is 11.7 Å². The molecule has 3 heteroatoms. The van der Waals surface area contributed by atoms with Gasteiger partial charge in [-0.05, 0) is 44.6 Å². The van der Waals surface area contributed by atoms with E-state index in [1.54, 1.807) is 0 Å². The van der Waals surface area contributed by atoms with Crippen molar-refractivity contribution in [2.45, 2.75) is 51.6 Å². The number of nitrogens with zero attached hydrogens (tertiary/aromatic N) is 2. The van der Waals surface area contributed by atoms with Crippen LogP contribution in [0.2, 0.25) is 0 Å². The van der Waals surface area contributed by atoms with Crippen molar-refractivity contribution in [1.82, 2.24) is 4.98 Å². The maximum absolute atomic E-state index is 6.04. The first-order chi connectivity index (χ1) is 8.59. The van der Waals surface area contributed by atoms with Gasteiger partial charge in [-0.15, -0.1) is 0 Å². The molecule has 100 valence electrons. The molecule has 0 unspecified atom stereocenters. The van der Waals surface area contributed by atoms with E-state index >= 15 is 0 Å². The second-order valence-electron chi connectivity index (χ2n) is 5.73. The Bertz CT molecular complexity index is 381. The van der Waals surface area contributed by atoms with Gasteiger partial charge >= 0.3 is 0 Å². The predicted molar refractivity (Wildman–Crippen MR) is 76.7 cm³/mol. The average molecular weight is 247 g/mol. The molecule has 1 saturated carbocycles. The van der Waals surface area contributed by atoms with E-state index in [2.05, 4.69) is 29.9 Å². The Morgan fingerprint density at radius 3 is 2.61 bits per heavy atom. The van der Waals surface area contributed by atoms with Gasteiger partial charge in [0.25, 0.3) is 0 Å². The highest BCUT2D eigenvalue weighted by Gasteiger charge is 2.24. The number of nitrogens with two attached hydrogens (primary N) is 1. The molecule has 0 aliphatic heterocycles. The number of aromatic nitrogens is 1. The third-order valence-electron chi connectivity index (χ3n) is 4.17. The van der Waals surface area contributed by atoms with Crippen LogP contribution in [0.15, 0.2) is 18.3 Å². The lowest BCUT2D eigenvalue weighted by molar-refractivity contribution is 0.339. The lowest BCUT2D eigenvalue weighted by Gasteiger charge is -2.35. The second kappa shape index (κ2) is 5.70. The molecule has 1 aromatic rings. The van der Waals surface area contributed by atoms with E-state index in [9.17, 15) is 0 Å². The van der Waals surface area contributed by atoms with Gasteiger partial charge < -0.3 is 10.6 Å². The number of anilines is 1. The van der Waals surface area contributed by atoms with Gasteiger partial charge in [-0.25, -0.2) is 4.98 Å². The normalized spacial score (nSPS) is 25.8. The van der Waals surface area contributed by atoms with Gasteiger partial charge in [-0.1, -0.05) is 13.0 Å². The zero-order valence-electron chi connectivity index (χ0n) is 11.8. The monoisotopic (exact) mass is 247 g/mol. The molecule has 0 spiro atoms. The summed E-state index contributed by atoms with van der Waals surface area (Å²) in [6.45, 7) is 4.38. The van der Waals surface area contributed by atoms with E-state index in [-0.39, 0.29) is 6.04 Å². The van der Waals surface area contributed by atoms with Gasteiger partial charge in [-0.3, -0.25) is 0 Å². The average Bonchev–Trinajstić information content (AvgIpc) is 2.39. The SMILES string of the molecule is CC1CCC(N(C)c2ncccc2[C@H](C)N)CC1. The second-order valence-corrected chi connectivity index (χ2v) is 5.73. The lowest BCUT2D eigenvalue weighted by atomic mass is 9.86. The molecule has 1 aromatic heterocycles. The highest BCUT2D eigenvalue weighted by Crippen LogP contribution is 2.31. The zero-order chi connectivity index (χ0) is 13.1. The minimum atomic E-state index is 0.0404. The first-order valence-corrected chi connectivity index (χ1v) is 7.03.